The predicted octanol–water partition coefficient (Wildman–Crippen LogP) is -0.229. The van der Waals surface area contributed by atoms with Crippen molar-refractivity contribution < 1.29 is 63.0 Å². The number of carbonyl (C=O) groups excluding carboxylic acids is 9. The maximum Gasteiger partial charge on any atom is 0.305 e. The summed E-state index contributed by atoms with van der Waals surface area (Å²) in [5.41, 5.74) is 7.42. The lowest BCUT2D eigenvalue weighted by molar-refractivity contribution is -0.141. The van der Waals surface area contributed by atoms with Gasteiger partial charge in [0.15, 0.2) is 0 Å². The van der Waals surface area contributed by atoms with Gasteiger partial charge in [-0.25, -0.2) is 0 Å². The number of benzene rings is 3. The van der Waals surface area contributed by atoms with Gasteiger partial charge in [0.05, 0.1) is 13.0 Å². The van der Waals surface area contributed by atoms with Crippen LogP contribution in [0.1, 0.15) is 77.0 Å². The molecule has 3 rings (SSSR count). The average molecular weight is 1010 g/mol. The summed E-state index contributed by atoms with van der Waals surface area (Å²) in [5.74, 6) is -11.6. The minimum absolute atomic E-state index is 0.0152. The molecule has 1 unspecified atom stereocenters. The number of hydrogen-bond acceptors (Lipinski definition) is 11. The number of carboxylic acid groups (broad SMARTS) is 2. The molecule has 0 aromatic heterocycles. The molecule has 0 heterocycles. The Morgan fingerprint density at radius 3 is 1.32 bits per heavy atom. The summed E-state index contributed by atoms with van der Waals surface area (Å²) >= 11 is 0. The molecule has 12 N–H and O–H groups in total. The zero-order valence-electron chi connectivity index (χ0n) is 41.5. The highest BCUT2D eigenvalue weighted by Gasteiger charge is 2.35. The second-order valence-corrected chi connectivity index (χ2v) is 17.9. The van der Waals surface area contributed by atoms with Crippen molar-refractivity contribution in [3.8, 4) is 0 Å². The van der Waals surface area contributed by atoms with E-state index in [0.29, 0.717) is 23.1 Å². The second-order valence-electron chi connectivity index (χ2n) is 17.9. The zero-order chi connectivity index (χ0) is 54.2. The van der Waals surface area contributed by atoms with Gasteiger partial charge in [0, 0.05) is 32.6 Å². The van der Waals surface area contributed by atoms with Crippen molar-refractivity contribution in [1.82, 2.24) is 42.5 Å². The Morgan fingerprint density at radius 1 is 0.493 bits per heavy atom. The molecule has 73 heavy (non-hydrogen) atoms. The second kappa shape index (κ2) is 29.9. The average Bonchev–Trinajstić information content (AvgIpc) is 3.34. The van der Waals surface area contributed by atoms with Crippen LogP contribution in [0.25, 0.3) is 0 Å². The lowest BCUT2D eigenvalue weighted by Gasteiger charge is -2.28. The van der Waals surface area contributed by atoms with Crippen LogP contribution in [0.3, 0.4) is 0 Å². The molecule has 22 heteroatoms. The van der Waals surface area contributed by atoms with Crippen LogP contribution in [0.5, 0.6) is 0 Å². The van der Waals surface area contributed by atoms with Crippen LogP contribution in [-0.4, -0.2) is 124 Å². The molecule has 0 saturated carbocycles. The standard InChI is InChI=1S/C51H67N9O13/c1-6-30(4)44(45(52)67)60-49(71)37(25-33-18-12-8-13-19-33)55-40(62)28-53-51(73)43(29(2)3)59-50(72)38(26-34-20-14-9-15-21-34)57-48(70)39(27-42(65)66)58-46(68)35(22-23-41(63)64)56-47(69)36(54-31(5)61)24-32-16-10-7-11-17-32/h7-21,29-30,35-39,43-44H,6,22-28H2,1-5H3,(H2,52,67)(H,53,73)(H,54,61)(H,55,62)(H,56,69)(H,57,70)(H,58,68)(H,59,72)(H,60,71)(H,63,64)(H,65,66)/t30?,35-,36-,37-,38-,39-,43-,44-/m0/s1. The van der Waals surface area contributed by atoms with E-state index in [2.05, 4.69) is 42.5 Å². The molecule has 0 aliphatic rings. The van der Waals surface area contributed by atoms with Crippen molar-refractivity contribution in [2.75, 3.05) is 6.54 Å². The molecule has 22 nitrogen and oxygen atoms in total. The van der Waals surface area contributed by atoms with Crippen LogP contribution >= 0.6 is 0 Å². The van der Waals surface area contributed by atoms with E-state index in [1.165, 1.54) is 6.92 Å². The fourth-order valence-electron chi connectivity index (χ4n) is 7.45. The van der Waals surface area contributed by atoms with Gasteiger partial charge in [-0.15, -0.1) is 0 Å². The van der Waals surface area contributed by atoms with Crippen molar-refractivity contribution in [3.05, 3.63) is 108 Å². The number of carboxylic acids is 2. The van der Waals surface area contributed by atoms with Crippen LogP contribution in [0.15, 0.2) is 91.0 Å². The third kappa shape index (κ3) is 21.0. The lowest BCUT2D eigenvalue weighted by atomic mass is 9.97. The molecule has 0 aliphatic carbocycles. The number of carbonyl (C=O) groups is 11. The molecule has 0 bridgehead atoms. The summed E-state index contributed by atoms with van der Waals surface area (Å²) in [6.45, 7) is 7.27. The lowest BCUT2D eigenvalue weighted by Crippen LogP contribution is -2.60. The maximum atomic E-state index is 14.2. The summed E-state index contributed by atoms with van der Waals surface area (Å²) in [6, 6.07) is 15.7. The summed E-state index contributed by atoms with van der Waals surface area (Å²) in [5, 5.41) is 39.2. The van der Waals surface area contributed by atoms with Crippen molar-refractivity contribution in [3.63, 3.8) is 0 Å². The molecule has 0 saturated heterocycles. The Bertz CT molecular complexity index is 2390. The number of nitrogens with one attached hydrogen (secondary N) is 8. The van der Waals surface area contributed by atoms with Crippen LogP contribution in [0, 0.1) is 11.8 Å². The molecule has 394 valence electrons. The van der Waals surface area contributed by atoms with E-state index >= 15 is 0 Å². The van der Waals surface area contributed by atoms with Crippen LogP contribution < -0.4 is 48.3 Å². The number of hydrogen-bond donors (Lipinski definition) is 11. The molecule has 9 amide bonds. The van der Waals surface area contributed by atoms with Crippen molar-refractivity contribution in [1.29, 1.82) is 0 Å². The first kappa shape index (κ1) is 59.1. The fourth-order valence-corrected chi connectivity index (χ4v) is 7.45. The number of amides is 9. The number of rotatable bonds is 30. The van der Waals surface area contributed by atoms with Gasteiger partial charge in [-0.3, -0.25) is 52.7 Å². The van der Waals surface area contributed by atoms with Crippen molar-refractivity contribution in [2.24, 2.45) is 17.6 Å². The largest absolute Gasteiger partial charge is 0.481 e. The highest BCUT2D eigenvalue weighted by atomic mass is 16.4. The van der Waals surface area contributed by atoms with Gasteiger partial charge in [-0.1, -0.05) is 125 Å². The number of primary amides is 1. The molecular formula is C51H67N9O13. The van der Waals surface area contributed by atoms with Crippen LogP contribution in [0.2, 0.25) is 0 Å². The number of aliphatic carboxylic acids is 2. The van der Waals surface area contributed by atoms with Gasteiger partial charge in [0.2, 0.25) is 53.2 Å². The van der Waals surface area contributed by atoms with Crippen LogP contribution in [-0.2, 0) is 72.0 Å². The highest BCUT2D eigenvalue weighted by Crippen LogP contribution is 2.12. The maximum absolute atomic E-state index is 14.2. The molecule has 8 atom stereocenters. The highest BCUT2D eigenvalue weighted by molar-refractivity contribution is 5.98. The summed E-state index contributed by atoms with van der Waals surface area (Å²) in [6.07, 6.45) is -1.86. The van der Waals surface area contributed by atoms with Gasteiger partial charge in [0.25, 0.3) is 0 Å². The quantitative estimate of drug-likeness (QED) is 0.0412. The summed E-state index contributed by atoms with van der Waals surface area (Å²) in [4.78, 5) is 144. The third-order valence-corrected chi connectivity index (χ3v) is 11.6. The zero-order valence-corrected chi connectivity index (χ0v) is 41.5. The Balaban J connectivity index is 1.83. The molecular weight excluding hydrogens is 947 g/mol. The normalized spacial score (nSPS) is 14.2. The Labute approximate surface area is 423 Å². The van der Waals surface area contributed by atoms with E-state index in [-0.39, 0.29) is 25.2 Å². The Morgan fingerprint density at radius 2 is 0.890 bits per heavy atom. The fraction of sp³-hybridized carbons (Fsp3) is 0.431. The van der Waals surface area contributed by atoms with E-state index < -0.39 is 139 Å². The van der Waals surface area contributed by atoms with E-state index in [1.807, 2.05) is 6.92 Å². The monoisotopic (exact) mass is 1010 g/mol. The minimum atomic E-state index is -1.90. The van der Waals surface area contributed by atoms with Gasteiger partial charge >= 0.3 is 11.9 Å². The van der Waals surface area contributed by atoms with Crippen molar-refractivity contribution in [2.45, 2.75) is 122 Å². The van der Waals surface area contributed by atoms with E-state index in [1.54, 1.807) is 112 Å². The molecule has 0 spiro atoms. The van der Waals surface area contributed by atoms with Gasteiger partial charge < -0.3 is 58.5 Å². The Hall–Kier alpha value is -8.17. The summed E-state index contributed by atoms with van der Waals surface area (Å²) < 4.78 is 0. The molecule has 0 fully saturated rings. The molecule has 3 aromatic rings. The first-order valence-corrected chi connectivity index (χ1v) is 23.8. The van der Waals surface area contributed by atoms with E-state index in [4.69, 9.17) is 5.73 Å². The SMILES string of the molecule is CCC(C)[C@H](NC(=O)[C@H](Cc1ccccc1)NC(=O)CNC(=O)[C@@H](NC(=O)[C@H](Cc1ccccc1)NC(=O)[C@H](CC(=O)O)NC(=O)[C@H](CCC(=O)O)NC(=O)[C@H](Cc1ccccc1)NC(C)=O)C(C)C)C(N)=O. The van der Waals surface area contributed by atoms with Crippen molar-refractivity contribution >= 4 is 65.1 Å². The predicted molar refractivity (Wildman–Crippen MR) is 265 cm³/mol. The smallest absolute Gasteiger partial charge is 0.305 e. The first-order valence-electron chi connectivity index (χ1n) is 23.8. The van der Waals surface area contributed by atoms with Gasteiger partial charge in [-0.05, 0) is 34.9 Å². The topological polar surface area (TPSA) is 350 Å². The van der Waals surface area contributed by atoms with E-state index in [0.717, 1.165) is 0 Å². The molecule has 0 aliphatic heterocycles. The molecule has 0 radical (unpaired) electrons. The van der Waals surface area contributed by atoms with E-state index in [9.17, 15) is 63.0 Å². The summed E-state index contributed by atoms with van der Waals surface area (Å²) in [7, 11) is 0. The van der Waals surface area contributed by atoms with Gasteiger partial charge in [-0.2, -0.15) is 0 Å². The number of nitrogens with two attached hydrogens (primary N) is 1. The van der Waals surface area contributed by atoms with Gasteiger partial charge in [0.1, 0.15) is 42.3 Å². The minimum Gasteiger partial charge on any atom is -0.481 e. The third-order valence-electron chi connectivity index (χ3n) is 11.6. The van der Waals surface area contributed by atoms with Crippen LogP contribution in [0.4, 0.5) is 0 Å². The first-order chi connectivity index (χ1) is 34.6. The molecule has 3 aromatic carbocycles. The Kier molecular flexibility index (Phi) is 24.2.